The minimum absolute atomic E-state index is 0.167. The van der Waals surface area contributed by atoms with E-state index in [1.807, 2.05) is 54.3 Å². The Morgan fingerprint density at radius 3 is 2.32 bits per heavy atom. The molecule has 176 valence electrons. The van der Waals surface area contributed by atoms with Gasteiger partial charge in [-0.1, -0.05) is 48.9 Å². The zero-order chi connectivity index (χ0) is 23.9. The zero-order valence-corrected chi connectivity index (χ0v) is 19.9. The lowest BCUT2D eigenvalue weighted by molar-refractivity contribution is -0.131. The Hall–Kier alpha value is -3.51. The highest BCUT2D eigenvalue weighted by molar-refractivity contribution is 6.31. The molecule has 0 aliphatic carbocycles. The van der Waals surface area contributed by atoms with Crippen LogP contribution in [0, 0.1) is 0 Å². The summed E-state index contributed by atoms with van der Waals surface area (Å²) in [6.07, 6.45) is 0.512. The molecule has 6 nitrogen and oxygen atoms in total. The second-order valence-electron chi connectivity index (χ2n) is 8.14. The van der Waals surface area contributed by atoms with Gasteiger partial charge in [-0.05, 0) is 48.0 Å². The number of halogens is 1. The number of piperazine rings is 1. The van der Waals surface area contributed by atoms with Crippen LogP contribution in [0.1, 0.15) is 29.3 Å². The quantitative estimate of drug-likeness (QED) is 0.506. The summed E-state index contributed by atoms with van der Waals surface area (Å²) < 4.78 is 5.81. The first-order valence-corrected chi connectivity index (χ1v) is 11.8. The first-order valence-electron chi connectivity index (χ1n) is 11.4. The molecule has 1 fully saturated rings. The summed E-state index contributed by atoms with van der Waals surface area (Å²) in [7, 11) is 0. The van der Waals surface area contributed by atoms with Gasteiger partial charge in [0.15, 0.2) is 0 Å². The number of nitrogens with zero attached hydrogens (tertiary/aromatic N) is 2. The Bertz CT molecular complexity index is 1130. The van der Waals surface area contributed by atoms with Crippen molar-refractivity contribution in [3.05, 3.63) is 88.9 Å². The Morgan fingerprint density at radius 2 is 1.65 bits per heavy atom. The molecular weight excluding hydrogens is 450 g/mol. The second kappa shape index (κ2) is 11.1. The van der Waals surface area contributed by atoms with Gasteiger partial charge in [-0.15, -0.1) is 0 Å². The van der Waals surface area contributed by atoms with Crippen molar-refractivity contribution in [1.82, 2.24) is 4.90 Å². The van der Waals surface area contributed by atoms with Gasteiger partial charge in [-0.25, -0.2) is 0 Å². The van der Waals surface area contributed by atoms with E-state index in [-0.39, 0.29) is 11.8 Å². The number of hydrogen-bond acceptors (Lipinski definition) is 4. The van der Waals surface area contributed by atoms with E-state index in [4.69, 9.17) is 16.3 Å². The van der Waals surface area contributed by atoms with Crippen LogP contribution in [0.4, 0.5) is 11.4 Å². The topological polar surface area (TPSA) is 61.9 Å². The average molecular weight is 478 g/mol. The van der Waals surface area contributed by atoms with E-state index < -0.39 is 0 Å². The molecule has 1 heterocycles. The van der Waals surface area contributed by atoms with Gasteiger partial charge >= 0.3 is 0 Å². The standard InChI is InChI=1S/C27H28ClN3O3/c1-2-26(32)31-16-14-30(15-17-31)25-13-10-22(28)18-24(25)29-27(33)21-8-11-23(12-9-21)34-19-20-6-4-3-5-7-20/h3-13,18H,2,14-17,19H2,1H3,(H,29,33). The maximum absolute atomic E-state index is 13.0. The Morgan fingerprint density at radius 1 is 0.941 bits per heavy atom. The summed E-state index contributed by atoms with van der Waals surface area (Å²) in [6.45, 7) is 5.06. The van der Waals surface area contributed by atoms with Gasteiger partial charge in [0.1, 0.15) is 12.4 Å². The van der Waals surface area contributed by atoms with Crippen LogP contribution in [-0.2, 0) is 11.4 Å². The van der Waals surface area contributed by atoms with E-state index in [0.29, 0.717) is 61.2 Å². The maximum atomic E-state index is 13.0. The third-order valence-electron chi connectivity index (χ3n) is 5.85. The number of hydrogen-bond donors (Lipinski definition) is 1. The zero-order valence-electron chi connectivity index (χ0n) is 19.2. The number of amides is 2. The van der Waals surface area contributed by atoms with Gasteiger partial charge in [-0.2, -0.15) is 0 Å². The highest BCUT2D eigenvalue weighted by Crippen LogP contribution is 2.30. The first kappa shape index (κ1) is 23.6. The summed E-state index contributed by atoms with van der Waals surface area (Å²) >= 11 is 6.24. The van der Waals surface area contributed by atoms with E-state index in [1.165, 1.54) is 0 Å². The highest BCUT2D eigenvalue weighted by Gasteiger charge is 2.22. The SMILES string of the molecule is CCC(=O)N1CCN(c2ccc(Cl)cc2NC(=O)c2ccc(OCc3ccccc3)cc2)CC1. The molecular formula is C27H28ClN3O3. The molecule has 1 N–H and O–H groups in total. The minimum Gasteiger partial charge on any atom is -0.489 e. The lowest BCUT2D eigenvalue weighted by atomic mass is 10.1. The molecule has 3 aromatic carbocycles. The van der Waals surface area contributed by atoms with Crippen LogP contribution in [0.5, 0.6) is 5.75 Å². The molecule has 34 heavy (non-hydrogen) atoms. The normalized spacial score (nSPS) is 13.5. The first-order chi connectivity index (χ1) is 16.5. The summed E-state index contributed by atoms with van der Waals surface area (Å²) in [4.78, 5) is 29.0. The molecule has 3 aromatic rings. The minimum atomic E-state index is -0.224. The summed E-state index contributed by atoms with van der Waals surface area (Å²) in [5, 5.41) is 3.55. The fourth-order valence-electron chi connectivity index (χ4n) is 3.94. The molecule has 0 spiro atoms. The van der Waals surface area contributed by atoms with Crippen molar-refractivity contribution in [3.8, 4) is 5.75 Å². The molecule has 1 aliphatic heterocycles. The third-order valence-corrected chi connectivity index (χ3v) is 6.08. The van der Waals surface area contributed by atoms with E-state index in [1.54, 1.807) is 30.3 Å². The molecule has 0 atom stereocenters. The Labute approximate surface area is 205 Å². The summed E-state index contributed by atoms with van der Waals surface area (Å²) in [6, 6.07) is 22.5. The van der Waals surface area contributed by atoms with E-state index in [0.717, 1.165) is 11.3 Å². The molecule has 4 rings (SSSR count). The van der Waals surface area contributed by atoms with Crippen LogP contribution in [0.2, 0.25) is 5.02 Å². The van der Waals surface area contributed by atoms with Crippen LogP contribution in [0.15, 0.2) is 72.8 Å². The van der Waals surface area contributed by atoms with Gasteiger partial charge in [0.05, 0.1) is 11.4 Å². The number of rotatable bonds is 7. The van der Waals surface area contributed by atoms with Crippen molar-refractivity contribution in [2.24, 2.45) is 0 Å². The molecule has 0 saturated carbocycles. The van der Waals surface area contributed by atoms with Gasteiger partial charge in [0.25, 0.3) is 5.91 Å². The number of carbonyl (C=O) groups excluding carboxylic acids is 2. The molecule has 7 heteroatoms. The highest BCUT2D eigenvalue weighted by atomic mass is 35.5. The molecule has 2 amide bonds. The van der Waals surface area contributed by atoms with Gasteiger partial charge in [0.2, 0.25) is 5.91 Å². The number of nitrogens with one attached hydrogen (secondary N) is 1. The second-order valence-corrected chi connectivity index (χ2v) is 8.57. The van der Waals surface area contributed by atoms with Crippen LogP contribution in [0.3, 0.4) is 0 Å². The van der Waals surface area contributed by atoms with Crippen molar-refractivity contribution < 1.29 is 14.3 Å². The molecule has 0 aromatic heterocycles. The van der Waals surface area contributed by atoms with Gasteiger partial charge < -0.3 is 19.9 Å². The number of ether oxygens (including phenoxy) is 1. The smallest absolute Gasteiger partial charge is 0.255 e. The van der Waals surface area contributed by atoms with Crippen LogP contribution in [-0.4, -0.2) is 42.9 Å². The summed E-state index contributed by atoms with van der Waals surface area (Å²) in [5.41, 5.74) is 3.15. The van der Waals surface area contributed by atoms with Crippen molar-refractivity contribution in [2.45, 2.75) is 20.0 Å². The largest absolute Gasteiger partial charge is 0.489 e. The third kappa shape index (κ3) is 5.88. The molecule has 0 radical (unpaired) electrons. The lowest BCUT2D eigenvalue weighted by Crippen LogP contribution is -2.48. The van der Waals surface area contributed by atoms with Gasteiger partial charge in [-0.3, -0.25) is 9.59 Å². The molecule has 1 saturated heterocycles. The van der Waals surface area contributed by atoms with Crippen molar-refractivity contribution in [2.75, 3.05) is 36.4 Å². The monoisotopic (exact) mass is 477 g/mol. The average Bonchev–Trinajstić information content (AvgIpc) is 2.88. The number of benzene rings is 3. The predicted octanol–water partition coefficient (Wildman–Crippen LogP) is 5.23. The van der Waals surface area contributed by atoms with Crippen molar-refractivity contribution >= 4 is 34.8 Å². The molecule has 0 unspecified atom stereocenters. The summed E-state index contributed by atoms with van der Waals surface area (Å²) in [5.74, 6) is 0.641. The Kier molecular flexibility index (Phi) is 7.70. The fourth-order valence-corrected chi connectivity index (χ4v) is 4.11. The predicted molar refractivity (Wildman–Crippen MR) is 136 cm³/mol. The molecule has 1 aliphatic rings. The van der Waals surface area contributed by atoms with Crippen molar-refractivity contribution in [1.29, 1.82) is 0 Å². The number of carbonyl (C=O) groups is 2. The molecule has 0 bridgehead atoms. The van der Waals surface area contributed by atoms with E-state index >= 15 is 0 Å². The van der Waals surface area contributed by atoms with Gasteiger partial charge in [0, 0.05) is 43.2 Å². The maximum Gasteiger partial charge on any atom is 0.255 e. The fraction of sp³-hybridized carbons (Fsp3) is 0.259. The Balaban J connectivity index is 1.41. The lowest BCUT2D eigenvalue weighted by Gasteiger charge is -2.37. The van der Waals surface area contributed by atoms with Crippen LogP contribution in [0.25, 0.3) is 0 Å². The van der Waals surface area contributed by atoms with Crippen LogP contribution < -0.4 is 15.0 Å². The van der Waals surface area contributed by atoms with E-state index in [9.17, 15) is 9.59 Å². The van der Waals surface area contributed by atoms with Crippen LogP contribution >= 0.6 is 11.6 Å². The van der Waals surface area contributed by atoms with E-state index in [2.05, 4.69) is 10.2 Å². The van der Waals surface area contributed by atoms with Crippen molar-refractivity contribution in [3.63, 3.8) is 0 Å². The number of anilines is 2.